The number of aromatic amines is 1. The molecule has 0 amide bonds. The second-order valence-corrected chi connectivity index (χ2v) is 3.64. The summed E-state index contributed by atoms with van der Waals surface area (Å²) in [5.41, 5.74) is 0.859. The highest BCUT2D eigenvalue weighted by molar-refractivity contribution is 9.10. The van der Waals surface area contributed by atoms with Crippen LogP contribution in [-0.2, 0) is 0 Å². The summed E-state index contributed by atoms with van der Waals surface area (Å²) in [6.07, 6.45) is 0. The fourth-order valence-corrected chi connectivity index (χ4v) is 1.35. The predicted octanol–water partition coefficient (Wildman–Crippen LogP) is 2.28. The molecule has 2 rings (SSSR count). The van der Waals surface area contributed by atoms with Crippen molar-refractivity contribution < 1.29 is 0 Å². The van der Waals surface area contributed by atoms with Crippen LogP contribution in [0, 0.1) is 0 Å². The smallest absolute Gasteiger partial charge is 0.179 e. The third kappa shape index (κ3) is 1.71. The van der Waals surface area contributed by atoms with E-state index in [1.54, 1.807) is 6.07 Å². The van der Waals surface area contributed by atoms with Crippen molar-refractivity contribution in [3.05, 3.63) is 27.7 Å². The molecule has 0 bridgehead atoms. The Hall–Kier alpha value is -0.940. The number of nitrogens with zero attached hydrogens (tertiary/aromatic N) is 3. The largest absolute Gasteiger partial charge is 0.239 e. The Kier molecular flexibility index (Phi) is 2.28. The number of aromatic nitrogens is 4. The van der Waals surface area contributed by atoms with Crippen LogP contribution >= 0.6 is 27.5 Å². The first-order valence-electron chi connectivity index (χ1n) is 3.46. The molecular formula is C7H4BrClN4. The molecule has 0 aliphatic rings. The zero-order chi connectivity index (χ0) is 9.26. The SMILES string of the molecule is Clc1cc(-c2nnn[nH]2)ccc1Br. The molecule has 13 heavy (non-hydrogen) atoms. The second-order valence-electron chi connectivity index (χ2n) is 2.38. The third-order valence-electron chi connectivity index (χ3n) is 1.54. The highest BCUT2D eigenvalue weighted by Crippen LogP contribution is 2.26. The molecule has 2 aromatic rings. The van der Waals surface area contributed by atoms with Gasteiger partial charge in [-0.2, -0.15) is 0 Å². The number of hydrogen-bond acceptors (Lipinski definition) is 3. The van der Waals surface area contributed by atoms with Crippen LogP contribution in [0.3, 0.4) is 0 Å². The normalized spacial score (nSPS) is 10.3. The molecule has 0 spiro atoms. The van der Waals surface area contributed by atoms with Gasteiger partial charge in [0.2, 0.25) is 0 Å². The van der Waals surface area contributed by atoms with E-state index < -0.39 is 0 Å². The molecule has 0 aliphatic carbocycles. The summed E-state index contributed by atoms with van der Waals surface area (Å²) in [6, 6.07) is 5.51. The molecule has 0 fully saturated rings. The van der Waals surface area contributed by atoms with Gasteiger partial charge in [-0.1, -0.05) is 11.6 Å². The maximum Gasteiger partial charge on any atom is 0.179 e. The van der Waals surface area contributed by atoms with E-state index in [0.29, 0.717) is 10.8 Å². The Balaban J connectivity index is 2.49. The van der Waals surface area contributed by atoms with Crippen LogP contribution in [0.1, 0.15) is 0 Å². The molecule has 1 N–H and O–H groups in total. The summed E-state index contributed by atoms with van der Waals surface area (Å²) < 4.78 is 0.852. The first kappa shape index (κ1) is 8.65. The molecule has 0 radical (unpaired) electrons. The molecule has 0 aliphatic heterocycles. The highest BCUT2D eigenvalue weighted by Gasteiger charge is 2.03. The number of nitrogens with one attached hydrogen (secondary N) is 1. The Morgan fingerprint density at radius 2 is 2.23 bits per heavy atom. The number of hydrogen-bond donors (Lipinski definition) is 1. The van der Waals surface area contributed by atoms with Crippen molar-refractivity contribution in [3.63, 3.8) is 0 Å². The predicted molar refractivity (Wildman–Crippen MR) is 52.3 cm³/mol. The zero-order valence-corrected chi connectivity index (χ0v) is 8.67. The third-order valence-corrected chi connectivity index (χ3v) is 2.77. The van der Waals surface area contributed by atoms with Crippen LogP contribution in [0.4, 0.5) is 0 Å². The van der Waals surface area contributed by atoms with Crippen molar-refractivity contribution in [2.75, 3.05) is 0 Å². The molecule has 1 aromatic heterocycles. The molecule has 0 saturated heterocycles. The molecule has 6 heteroatoms. The molecule has 0 unspecified atom stereocenters. The summed E-state index contributed by atoms with van der Waals surface area (Å²) >= 11 is 9.20. The van der Waals surface area contributed by atoms with Crippen LogP contribution in [-0.4, -0.2) is 20.6 Å². The number of H-pyrrole nitrogens is 1. The zero-order valence-electron chi connectivity index (χ0n) is 6.33. The molecule has 66 valence electrons. The van der Waals surface area contributed by atoms with E-state index in [2.05, 4.69) is 36.6 Å². The van der Waals surface area contributed by atoms with Gasteiger partial charge in [0.15, 0.2) is 5.82 Å². The minimum absolute atomic E-state index is 0.606. The van der Waals surface area contributed by atoms with Gasteiger partial charge in [-0.25, -0.2) is 5.10 Å². The van der Waals surface area contributed by atoms with Crippen LogP contribution in [0.15, 0.2) is 22.7 Å². The minimum atomic E-state index is 0.606. The molecule has 0 atom stereocenters. The van der Waals surface area contributed by atoms with Crippen LogP contribution < -0.4 is 0 Å². The lowest BCUT2D eigenvalue weighted by atomic mass is 10.2. The Morgan fingerprint density at radius 3 is 2.85 bits per heavy atom. The van der Waals surface area contributed by atoms with E-state index in [1.165, 1.54) is 0 Å². The standard InChI is InChI=1S/C7H4BrClN4/c8-5-2-1-4(3-6(5)9)7-10-12-13-11-7/h1-3H,(H,10,11,12,13). The van der Waals surface area contributed by atoms with E-state index in [9.17, 15) is 0 Å². The summed E-state index contributed by atoms with van der Waals surface area (Å²) in [6.45, 7) is 0. The molecule has 0 saturated carbocycles. The molecule has 1 aromatic carbocycles. The van der Waals surface area contributed by atoms with Gasteiger partial charge < -0.3 is 0 Å². The lowest BCUT2D eigenvalue weighted by Gasteiger charge is -1.97. The van der Waals surface area contributed by atoms with Gasteiger partial charge in [0.25, 0.3) is 0 Å². The van der Waals surface area contributed by atoms with E-state index in [-0.39, 0.29) is 0 Å². The van der Waals surface area contributed by atoms with Gasteiger partial charge >= 0.3 is 0 Å². The highest BCUT2D eigenvalue weighted by atomic mass is 79.9. The van der Waals surface area contributed by atoms with Crippen molar-refractivity contribution in [2.24, 2.45) is 0 Å². The summed E-state index contributed by atoms with van der Waals surface area (Å²) in [5, 5.41) is 14.0. The molecule has 4 nitrogen and oxygen atoms in total. The number of tetrazole rings is 1. The van der Waals surface area contributed by atoms with Gasteiger partial charge in [0.05, 0.1) is 5.02 Å². The Morgan fingerprint density at radius 1 is 1.38 bits per heavy atom. The number of rotatable bonds is 1. The van der Waals surface area contributed by atoms with Gasteiger partial charge in [0, 0.05) is 10.0 Å². The summed E-state index contributed by atoms with van der Waals surface area (Å²) in [7, 11) is 0. The number of halogens is 2. The lowest BCUT2D eigenvalue weighted by Crippen LogP contribution is -1.81. The fourth-order valence-electron chi connectivity index (χ4n) is 0.925. The maximum atomic E-state index is 5.90. The van der Waals surface area contributed by atoms with Crippen molar-refractivity contribution in [1.29, 1.82) is 0 Å². The van der Waals surface area contributed by atoms with E-state index in [1.807, 2.05) is 12.1 Å². The average molecular weight is 259 g/mol. The topological polar surface area (TPSA) is 54.5 Å². The Labute approximate surface area is 87.4 Å². The lowest BCUT2D eigenvalue weighted by molar-refractivity contribution is 0.881. The fraction of sp³-hybridized carbons (Fsp3) is 0. The number of benzene rings is 1. The minimum Gasteiger partial charge on any atom is -0.239 e. The maximum absolute atomic E-state index is 5.90. The second kappa shape index (κ2) is 3.43. The first-order valence-corrected chi connectivity index (χ1v) is 4.63. The van der Waals surface area contributed by atoms with Crippen molar-refractivity contribution in [2.45, 2.75) is 0 Å². The summed E-state index contributed by atoms with van der Waals surface area (Å²) in [4.78, 5) is 0. The van der Waals surface area contributed by atoms with E-state index >= 15 is 0 Å². The van der Waals surface area contributed by atoms with Gasteiger partial charge in [-0.3, -0.25) is 0 Å². The van der Waals surface area contributed by atoms with Gasteiger partial charge in [-0.15, -0.1) is 5.10 Å². The van der Waals surface area contributed by atoms with Crippen LogP contribution in [0.25, 0.3) is 11.4 Å². The van der Waals surface area contributed by atoms with Gasteiger partial charge in [-0.05, 0) is 44.6 Å². The van der Waals surface area contributed by atoms with Crippen LogP contribution in [0.5, 0.6) is 0 Å². The first-order chi connectivity index (χ1) is 6.27. The van der Waals surface area contributed by atoms with Gasteiger partial charge in [0.1, 0.15) is 0 Å². The van der Waals surface area contributed by atoms with Crippen LogP contribution in [0.2, 0.25) is 5.02 Å². The molecule has 1 heterocycles. The van der Waals surface area contributed by atoms with E-state index in [4.69, 9.17) is 11.6 Å². The Bertz CT molecular complexity index is 414. The quantitative estimate of drug-likeness (QED) is 0.855. The summed E-state index contributed by atoms with van der Waals surface area (Å²) in [5.74, 6) is 0.606. The molecular weight excluding hydrogens is 255 g/mol. The van der Waals surface area contributed by atoms with Crippen molar-refractivity contribution in [3.8, 4) is 11.4 Å². The van der Waals surface area contributed by atoms with Crippen molar-refractivity contribution in [1.82, 2.24) is 20.6 Å². The van der Waals surface area contributed by atoms with Crippen molar-refractivity contribution >= 4 is 27.5 Å². The van der Waals surface area contributed by atoms with E-state index in [0.717, 1.165) is 10.0 Å². The monoisotopic (exact) mass is 258 g/mol. The average Bonchev–Trinajstić information content (AvgIpc) is 2.62.